The summed E-state index contributed by atoms with van der Waals surface area (Å²) in [5.74, 6) is -0.465. The van der Waals surface area contributed by atoms with Crippen molar-refractivity contribution in [3.8, 4) is 0 Å². The predicted octanol–water partition coefficient (Wildman–Crippen LogP) is -0.585. The first kappa shape index (κ1) is 16.3. The lowest BCUT2D eigenvalue weighted by molar-refractivity contribution is -0.124. The van der Waals surface area contributed by atoms with E-state index in [-0.39, 0.29) is 23.6 Å². The van der Waals surface area contributed by atoms with E-state index >= 15 is 0 Å². The van der Waals surface area contributed by atoms with Gasteiger partial charge in [-0.05, 0) is 5.41 Å². The number of hydrogen-bond donors (Lipinski definition) is 3. The summed E-state index contributed by atoms with van der Waals surface area (Å²) in [6.07, 6.45) is 0. The molecule has 0 radical (unpaired) electrons. The van der Waals surface area contributed by atoms with Crippen LogP contribution in [0.5, 0.6) is 0 Å². The summed E-state index contributed by atoms with van der Waals surface area (Å²) in [5.41, 5.74) is 5.38. The van der Waals surface area contributed by atoms with Gasteiger partial charge in [0.05, 0.1) is 11.8 Å². The molecule has 0 heterocycles. The van der Waals surface area contributed by atoms with Crippen LogP contribution in [0.4, 0.5) is 0 Å². The van der Waals surface area contributed by atoms with E-state index in [4.69, 9.17) is 5.73 Å². The van der Waals surface area contributed by atoms with E-state index in [0.717, 1.165) is 0 Å². The molecule has 6 nitrogen and oxygen atoms in total. The molecule has 4 N–H and O–H groups in total. The fourth-order valence-corrected chi connectivity index (χ4v) is 2.06. The molecule has 0 saturated carbocycles. The summed E-state index contributed by atoms with van der Waals surface area (Å²) in [6, 6.07) is -0.649. The molecule has 0 aromatic heterocycles. The molecule has 1 amide bonds. The highest BCUT2D eigenvalue weighted by molar-refractivity contribution is 7.89. The minimum absolute atomic E-state index is 0.0674. The van der Waals surface area contributed by atoms with Gasteiger partial charge in [-0.1, -0.05) is 27.7 Å². The molecule has 0 aliphatic carbocycles. The number of hydrogen-bond acceptors (Lipinski definition) is 4. The van der Waals surface area contributed by atoms with Crippen molar-refractivity contribution in [2.45, 2.75) is 33.7 Å². The molecule has 7 heteroatoms. The number of nitrogens with one attached hydrogen (secondary N) is 2. The number of sulfonamides is 1. The zero-order valence-corrected chi connectivity index (χ0v) is 11.7. The lowest BCUT2D eigenvalue weighted by Gasteiger charge is -2.25. The zero-order valence-electron chi connectivity index (χ0n) is 10.9. The van der Waals surface area contributed by atoms with Crippen LogP contribution < -0.4 is 15.8 Å². The molecule has 102 valence electrons. The third kappa shape index (κ3) is 6.60. The van der Waals surface area contributed by atoms with Gasteiger partial charge in [0.1, 0.15) is 0 Å². The average molecular weight is 265 g/mol. The van der Waals surface area contributed by atoms with Crippen molar-refractivity contribution in [1.29, 1.82) is 0 Å². The predicted molar refractivity (Wildman–Crippen MR) is 67.9 cm³/mol. The summed E-state index contributed by atoms with van der Waals surface area (Å²) < 4.78 is 24.9. The van der Waals surface area contributed by atoms with Crippen LogP contribution in [0.1, 0.15) is 27.7 Å². The van der Waals surface area contributed by atoms with Gasteiger partial charge in [0.2, 0.25) is 15.9 Å². The van der Waals surface area contributed by atoms with E-state index < -0.39 is 16.1 Å². The second-order valence-corrected chi connectivity index (χ2v) is 6.88. The zero-order chi connectivity index (χ0) is 13.7. The SMILES string of the molecule is CCNS(=O)(=O)CCNC(=O)[C@H](N)C(C)(C)C. The van der Waals surface area contributed by atoms with Crippen molar-refractivity contribution in [2.75, 3.05) is 18.8 Å². The highest BCUT2D eigenvalue weighted by Crippen LogP contribution is 2.16. The first-order valence-corrected chi connectivity index (χ1v) is 7.26. The molecule has 0 fully saturated rings. The first-order valence-electron chi connectivity index (χ1n) is 5.61. The lowest BCUT2D eigenvalue weighted by Crippen LogP contribution is -2.49. The van der Waals surface area contributed by atoms with Crippen molar-refractivity contribution in [3.63, 3.8) is 0 Å². The van der Waals surface area contributed by atoms with Crippen LogP contribution in [0.2, 0.25) is 0 Å². The van der Waals surface area contributed by atoms with Gasteiger partial charge >= 0.3 is 0 Å². The molecule has 0 aliphatic rings. The Bertz CT molecular complexity index is 346. The van der Waals surface area contributed by atoms with Gasteiger partial charge in [0.25, 0.3) is 0 Å². The molecular weight excluding hydrogens is 242 g/mol. The van der Waals surface area contributed by atoms with E-state index in [0.29, 0.717) is 6.54 Å². The minimum Gasteiger partial charge on any atom is -0.354 e. The van der Waals surface area contributed by atoms with Crippen molar-refractivity contribution in [3.05, 3.63) is 0 Å². The average Bonchev–Trinajstić information content (AvgIpc) is 2.14. The van der Waals surface area contributed by atoms with Gasteiger partial charge in [-0.15, -0.1) is 0 Å². The molecule has 0 saturated heterocycles. The number of rotatable bonds is 6. The van der Waals surface area contributed by atoms with Crippen LogP contribution in [0, 0.1) is 5.41 Å². The molecule has 17 heavy (non-hydrogen) atoms. The van der Waals surface area contributed by atoms with E-state index in [2.05, 4.69) is 10.0 Å². The topological polar surface area (TPSA) is 101 Å². The van der Waals surface area contributed by atoms with Crippen LogP contribution in [0.25, 0.3) is 0 Å². The Morgan fingerprint density at radius 3 is 2.29 bits per heavy atom. The summed E-state index contributed by atoms with van der Waals surface area (Å²) in [5, 5.41) is 2.52. The second kappa shape index (κ2) is 6.32. The Kier molecular flexibility index (Phi) is 6.08. The molecule has 0 aromatic carbocycles. The summed E-state index contributed by atoms with van der Waals surface area (Å²) >= 11 is 0. The highest BCUT2D eigenvalue weighted by atomic mass is 32.2. The first-order chi connectivity index (χ1) is 7.60. The van der Waals surface area contributed by atoms with Gasteiger partial charge < -0.3 is 11.1 Å². The maximum Gasteiger partial charge on any atom is 0.237 e. The maximum atomic E-state index is 11.6. The summed E-state index contributed by atoms with van der Waals surface area (Å²) in [6.45, 7) is 7.67. The molecule has 0 aromatic rings. The monoisotopic (exact) mass is 265 g/mol. The Morgan fingerprint density at radius 2 is 1.88 bits per heavy atom. The second-order valence-electron chi connectivity index (χ2n) is 4.95. The van der Waals surface area contributed by atoms with Crippen LogP contribution in [-0.4, -0.2) is 39.2 Å². The Labute approximate surface area is 103 Å². The smallest absolute Gasteiger partial charge is 0.237 e. The largest absolute Gasteiger partial charge is 0.354 e. The molecular formula is C10H23N3O3S. The summed E-state index contributed by atoms with van der Waals surface area (Å²) in [7, 11) is -3.29. The van der Waals surface area contributed by atoms with Crippen molar-refractivity contribution < 1.29 is 13.2 Å². The van der Waals surface area contributed by atoms with Crippen LogP contribution in [-0.2, 0) is 14.8 Å². The summed E-state index contributed by atoms with van der Waals surface area (Å²) in [4.78, 5) is 11.6. The Hall–Kier alpha value is -0.660. The van der Waals surface area contributed by atoms with E-state index in [9.17, 15) is 13.2 Å². The molecule has 0 aliphatic heterocycles. The van der Waals surface area contributed by atoms with Gasteiger partial charge in [-0.2, -0.15) is 0 Å². The molecule has 0 unspecified atom stereocenters. The number of nitrogens with two attached hydrogens (primary N) is 1. The number of carbonyl (C=O) groups excluding carboxylic acids is 1. The van der Waals surface area contributed by atoms with Crippen molar-refractivity contribution in [2.24, 2.45) is 11.1 Å². The van der Waals surface area contributed by atoms with Gasteiger partial charge in [-0.3, -0.25) is 4.79 Å². The fraction of sp³-hybridized carbons (Fsp3) is 0.900. The molecule has 0 rings (SSSR count). The van der Waals surface area contributed by atoms with E-state index in [1.807, 2.05) is 20.8 Å². The van der Waals surface area contributed by atoms with Gasteiger partial charge in [-0.25, -0.2) is 13.1 Å². The van der Waals surface area contributed by atoms with Gasteiger partial charge in [0.15, 0.2) is 0 Å². The third-order valence-electron chi connectivity index (χ3n) is 2.25. The van der Waals surface area contributed by atoms with Crippen LogP contribution >= 0.6 is 0 Å². The van der Waals surface area contributed by atoms with Crippen LogP contribution in [0.3, 0.4) is 0 Å². The van der Waals surface area contributed by atoms with E-state index in [1.54, 1.807) is 6.92 Å². The Balaban J connectivity index is 4.11. The Morgan fingerprint density at radius 1 is 1.35 bits per heavy atom. The molecule has 0 spiro atoms. The number of amides is 1. The highest BCUT2D eigenvalue weighted by Gasteiger charge is 2.27. The normalized spacial score (nSPS) is 14.4. The minimum atomic E-state index is -3.29. The quantitative estimate of drug-likeness (QED) is 0.598. The van der Waals surface area contributed by atoms with Crippen molar-refractivity contribution >= 4 is 15.9 Å². The van der Waals surface area contributed by atoms with Gasteiger partial charge in [0, 0.05) is 13.1 Å². The third-order valence-corrected chi connectivity index (χ3v) is 3.72. The fourth-order valence-electron chi connectivity index (χ4n) is 1.10. The lowest BCUT2D eigenvalue weighted by atomic mass is 9.87. The molecule has 1 atom stereocenters. The van der Waals surface area contributed by atoms with Crippen LogP contribution in [0.15, 0.2) is 0 Å². The molecule has 0 bridgehead atoms. The van der Waals surface area contributed by atoms with E-state index in [1.165, 1.54) is 0 Å². The number of carbonyl (C=O) groups is 1. The van der Waals surface area contributed by atoms with Crippen molar-refractivity contribution in [1.82, 2.24) is 10.0 Å². The standard InChI is InChI=1S/C10H23N3O3S/c1-5-13-17(15,16)7-6-12-9(14)8(11)10(2,3)4/h8,13H,5-7,11H2,1-4H3,(H,12,14)/t8-/m0/s1. The maximum absolute atomic E-state index is 11.6.